The van der Waals surface area contributed by atoms with Gasteiger partial charge in [-0.05, 0) is 18.9 Å². The number of aryl methyl sites for hydroxylation is 1. The van der Waals surface area contributed by atoms with Crippen molar-refractivity contribution >= 4 is 5.91 Å². The molecule has 17 heavy (non-hydrogen) atoms. The van der Waals surface area contributed by atoms with Gasteiger partial charge in [0.05, 0.1) is 0 Å². The molecule has 0 aliphatic rings. The van der Waals surface area contributed by atoms with Crippen molar-refractivity contribution in [2.75, 3.05) is 6.54 Å². The molecular formula is C12H19N3O2. The van der Waals surface area contributed by atoms with E-state index in [1.54, 1.807) is 0 Å². The van der Waals surface area contributed by atoms with E-state index >= 15 is 0 Å². The first-order chi connectivity index (χ1) is 8.19. The minimum absolute atomic E-state index is 0.169. The second-order valence-corrected chi connectivity index (χ2v) is 3.89. The Morgan fingerprint density at radius 3 is 2.76 bits per heavy atom. The summed E-state index contributed by atoms with van der Waals surface area (Å²) in [6, 6.07) is 2.85. The summed E-state index contributed by atoms with van der Waals surface area (Å²) in [4.78, 5) is 23.1. The highest BCUT2D eigenvalue weighted by molar-refractivity contribution is 5.91. The first kappa shape index (κ1) is 13.4. The molecule has 1 rings (SSSR count). The first-order valence-corrected chi connectivity index (χ1v) is 6.05. The van der Waals surface area contributed by atoms with Crippen LogP contribution < -0.4 is 10.9 Å². The lowest BCUT2D eigenvalue weighted by molar-refractivity contribution is 0.0945. The Kier molecular flexibility index (Phi) is 5.39. The Bertz CT molecular complexity index is 426. The zero-order valence-corrected chi connectivity index (χ0v) is 10.4. The molecular weight excluding hydrogens is 218 g/mol. The van der Waals surface area contributed by atoms with Gasteiger partial charge in [-0.25, -0.2) is 4.68 Å². The normalized spacial score (nSPS) is 10.2. The summed E-state index contributed by atoms with van der Waals surface area (Å²) in [7, 11) is 0. The number of amides is 1. The quantitative estimate of drug-likeness (QED) is 0.756. The number of carbonyl (C=O) groups excluding carboxylic acids is 1. The van der Waals surface area contributed by atoms with E-state index in [2.05, 4.69) is 17.3 Å². The minimum Gasteiger partial charge on any atom is -0.351 e. The van der Waals surface area contributed by atoms with Gasteiger partial charge in [-0.3, -0.25) is 9.59 Å². The molecule has 0 fully saturated rings. The number of hydrogen-bond donors (Lipinski definition) is 1. The molecule has 0 unspecified atom stereocenters. The molecule has 1 aromatic rings. The highest BCUT2D eigenvalue weighted by atomic mass is 16.2. The topological polar surface area (TPSA) is 64.0 Å². The third-order valence-electron chi connectivity index (χ3n) is 2.35. The number of rotatable bonds is 6. The standard InChI is InChI=1S/C12H19N3O2/c1-3-5-8-13-12(17)10-6-7-11(16)15(14-10)9-4-2/h6-7H,3-5,8-9H2,1-2H3,(H,13,17). The largest absolute Gasteiger partial charge is 0.351 e. The fourth-order valence-electron chi connectivity index (χ4n) is 1.41. The fourth-order valence-corrected chi connectivity index (χ4v) is 1.41. The van der Waals surface area contributed by atoms with Crippen LogP contribution in [0.2, 0.25) is 0 Å². The zero-order chi connectivity index (χ0) is 12.7. The van der Waals surface area contributed by atoms with Crippen LogP contribution in [0.15, 0.2) is 16.9 Å². The van der Waals surface area contributed by atoms with Gasteiger partial charge in [-0.2, -0.15) is 5.10 Å². The highest BCUT2D eigenvalue weighted by Gasteiger charge is 2.08. The van der Waals surface area contributed by atoms with Crippen molar-refractivity contribution < 1.29 is 4.79 Å². The highest BCUT2D eigenvalue weighted by Crippen LogP contribution is 1.93. The minimum atomic E-state index is -0.219. The summed E-state index contributed by atoms with van der Waals surface area (Å²) >= 11 is 0. The molecule has 1 amide bonds. The van der Waals surface area contributed by atoms with Gasteiger partial charge in [-0.15, -0.1) is 0 Å². The van der Waals surface area contributed by atoms with Crippen LogP contribution in [0.1, 0.15) is 43.6 Å². The van der Waals surface area contributed by atoms with Crippen LogP contribution in [0.3, 0.4) is 0 Å². The lowest BCUT2D eigenvalue weighted by atomic mass is 10.3. The van der Waals surface area contributed by atoms with Gasteiger partial charge in [0.2, 0.25) is 0 Å². The molecule has 1 aromatic heterocycles. The number of aromatic nitrogens is 2. The molecule has 0 saturated heterocycles. The molecule has 0 aliphatic heterocycles. The number of nitrogens with zero attached hydrogens (tertiary/aromatic N) is 2. The lowest BCUT2D eigenvalue weighted by Gasteiger charge is -2.06. The third kappa shape index (κ3) is 4.01. The Labute approximate surface area is 101 Å². The van der Waals surface area contributed by atoms with Gasteiger partial charge in [0.1, 0.15) is 5.69 Å². The fraction of sp³-hybridized carbons (Fsp3) is 0.583. The number of carbonyl (C=O) groups is 1. The maximum Gasteiger partial charge on any atom is 0.271 e. The molecule has 0 aromatic carbocycles. The van der Waals surface area contributed by atoms with Gasteiger partial charge in [0.15, 0.2) is 0 Å². The summed E-state index contributed by atoms with van der Waals surface area (Å²) < 4.78 is 1.33. The molecule has 0 spiro atoms. The second-order valence-electron chi connectivity index (χ2n) is 3.89. The maximum atomic E-state index is 11.7. The van der Waals surface area contributed by atoms with E-state index in [0.29, 0.717) is 18.8 Å². The van der Waals surface area contributed by atoms with Crippen molar-refractivity contribution in [2.45, 2.75) is 39.7 Å². The Hall–Kier alpha value is -1.65. The van der Waals surface area contributed by atoms with Crippen molar-refractivity contribution in [1.29, 1.82) is 0 Å². The van der Waals surface area contributed by atoms with E-state index in [1.807, 2.05) is 6.92 Å². The average molecular weight is 237 g/mol. The SMILES string of the molecule is CCCCNC(=O)c1ccc(=O)n(CCC)n1. The van der Waals surface area contributed by atoms with Crippen molar-refractivity contribution in [3.8, 4) is 0 Å². The predicted octanol–water partition coefficient (Wildman–Crippen LogP) is 1.18. The Morgan fingerprint density at radius 2 is 2.12 bits per heavy atom. The first-order valence-electron chi connectivity index (χ1n) is 6.05. The van der Waals surface area contributed by atoms with Crippen molar-refractivity contribution in [2.24, 2.45) is 0 Å². The van der Waals surface area contributed by atoms with E-state index in [4.69, 9.17) is 0 Å². The number of nitrogens with one attached hydrogen (secondary N) is 1. The van der Waals surface area contributed by atoms with Crippen LogP contribution in [0.25, 0.3) is 0 Å². The molecule has 0 bridgehead atoms. The van der Waals surface area contributed by atoms with Crippen LogP contribution in [0.5, 0.6) is 0 Å². The summed E-state index contributed by atoms with van der Waals surface area (Å²) in [5.41, 5.74) is 0.131. The molecule has 0 aliphatic carbocycles. The molecule has 0 radical (unpaired) electrons. The van der Waals surface area contributed by atoms with E-state index in [-0.39, 0.29) is 11.5 Å². The molecule has 0 saturated carbocycles. The summed E-state index contributed by atoms with van der Waals surface area (Å²) in [6.07, 6.45) is 2.79. The summed E-state index contributed by atoms with van der Waals surface area (Å²) in [6.45, 7) is 5.20. The molecule has 1 N–H and O–H groups in total. The second kappa shape index (κ2) is 6.83. The van der Waals surface area contributed by atoms with Gasteiger partial charge in [-0.1, -0.05) is 20.3 Å². The van der Waals surface area contributed by atoms with Crippen LogP contribution in [-0.4, -0.2) is 22.2 Å². The molecule has 0 atom stereocenters. The molecule has 1 heterocycles. The average Bonchev–Trinajstić information content (AvgIpc) is 2.32. The molecule has 94 valence electrons. The van der Waals surface area contributed by atoms with Crippen LogP contribution in [0, 0.1) is 0 Å². The lowest BCUT2D eigenvalue weighted by Crippen LogP contribution is -2.30. The Morgan fingerprint density at radius 1 is 1.35 bits per heavy atom. The van der Waals surface area contributed by atoms with Crippen LogP contribution in [-0.2, 0) is 6.54 Å². The van der Waals surface area contributed by atoms with Gasteiger partial charge in [0.25, 0.3) is 11.5 Å². The van der Waals surface area contributed by atoms with E-state index in [0.717, 1.165) is 19.3 Å². The summed E-state index contributed by atoms with van der Waals surface area (Å²) in [5.74, 6) is -0.219. The summed E-state index contributed by atoms with van der Waals surface area (Å²) in [5, 5.41) is 6.80. The zero-order valence-electron chi connectivity index (χ0n) is 10.4. The van der Waals surface area contributed by atoms with Crippen molar-refractivity contribution in [1.82, 2.24) is 15.1 Å². The number of hydrogen-bond acceptors (Lipinski definition) is 3. The smallest absolute Gasteiger partial charge is 0.271 e. The monoisotopic (exact) mass is 237 g/mol. The van der Waals surface area contributed by atoms with Crippen molar-refractivity contribution in [3.05, 3.63) is 28.2 Å². The van der Waals surface area contributed by atoms with E-state index < -0.39 is 0 Å². The maximum absolute atomic E-state index is 11.7. The van der Waals surface area contributed by atoms with Gasteiger partial charge in [0, 0.05) is 19.2 Å². The molecule has 5 heteroatoms. The van der Waals surface area contributed by atoms with Gasteiger partial charge < -0.3 is 5.32 Å². The van der Waals surface area contributed by atoms with Gasteiger partial charge >= 0.3 is 0 Å². The van der Waals surface area contributed by atoms with Crippen LogP contribution >= 0.6 is 0 Å². The van der Waals surface area contributed by atoms with E-state index in [1.165, 1.54) is 16.8 Å². The Balaban J connectivity index is 2.73. The number of unbranched alkanes of at least 4 members (excludes halogenated alkanes) is 1. The van der Waals surface area contributed by atoms with Crippen LogP contribution in [0.4, 0.5) is 0 Å². The van der Waals surface area contributed by atoms with E-state index in [9.17, 15) is 9.59 Å². The van der Waals surface area contributed by atoms with Crippen molar-refractivity contribution in [3.63, 3.8) is 0 Å². The third-order valence-corrected chi connectivity index (χ3v) is 2.35. The predicted molar refractivity (Wildman–Crippen MR) is 66.0 cm³/mol. The molecule has 5 nitrogen and oxygen atoms in total.